The summed E-state index contributed by atoms with van der Waals surface area (Å²) in [7, 11) is 0. The van der Waals surface area contributed by atoms with Crippen molar-refractivity contribution in [3.05, 3.63) is 29.3 Å². The number of hydrogen-bond acceptors (Lipinski definition) is 3. The predicted molar refractivity (Wildman–Crippen MR) is 98.9 cm³/mol. The minimum Gasteiger partial charge on any atom is -0.334 e. The van der Waals surface area contributed by atoms with Gasteiger partial charge in [-0.3, -0.25) is 9.59 Å². The van der Waals surface area contributed by atoms with Crippen molar-refractivity contribution in [3.8, 4) is 0 Å². The summed E-state index contributed by atoms with van der Waals surface area (Å²) in [5.74, 6) is -0.850. The Morgan fingerprint density at radius 1 is 0.808 bits per heavy atom. The van der Waals surface area contributed by atoms with Gasteiger partial charge in [0.25, 0.3) is 0 Å². The zero-order valence-corrected chi connectivity index (χ0v) is 15.5. The second kappa shape index (κ2) is 7.76. The van der Waals surface area contributed by atoms with Crippen LogP contribution in [-0.2, 0) is 9.59 Å². The fourth-order valence-electron chi connectivity index (χ4n) is 3.37. The van der Waals surface area contributed by atoms with Crippen molar-refractivity contribution in [2.24, 2.45) is 0 Å². The van der Waals surface area contributed by atoms with E-state index >= 15 is 0 Å². The van der Waals surface area contributed by atoms with Crippen molar-refractivity contribution in [1.29, 1.82) is 0 Å². The second-order valence-electron chi connectivity index (χ2n) is 7.03. The maximum absolute atomic E-state index is 12.5. The Balaban J connectivity index is 1.52. The lowest BCUT2D eigenvalue weighted by molar-refractivity contribution is -0.152. The minimum absolute atomic E-state index is 0.170. The van der Waals surface area contributed by atoms with E-state index in [4.69, 9.17) is 0 Å². The van der Waals surface area contributed by atoms with E-state index in [-0.39, 0.29) is 6.03 Å². The Morgan fingerprint density at radius 3 is 1.96 bits per heavy atom. The van der Waals surface area contributed by atoms with Crippen molar-refractivity contribution in [2.45, 2.75) is 26.7 Å². The Bertz CT molecular complexity index is 705. The van der Waals surface area contributed by atoms with Crippen LogP contribution in [0.25, 0.3) is 0 Å². The molecule has 1 aromatic rings. The third kappa shape index (κ3) is 3.98. The second-order valence-corrected chi connectivity index (χ2v) is 7.03. The number of anilines is 1. The van der Waals surface area contributed by atoms with E-state index in [1.165, 1.54) is 0 Å². The normalized spacial score (nSPS) is 17.4. The van der Waals surface area contributed by atoms with Crippen molar-refractivity contribution in [3.63, 3.8) is 0 Å². The first-order valence-electron chi connectivity index (χ1n) is 9.17. The molecule has 2 fully saturated rings. The van der Waals surface area contributed by atoms with E-state index in [1.54, 1.807) is 14.7 Å². The van der Waals surface area contributed by atoms with E-state index < -0.39 is 11.8 Å². The summed E-state index contributed by atoms with van der Waals surface area (Å²) in [5, 5.41) is 2.94. The van der Waals surface area contributed by atoms with Gasteiger partial charge in [0.15, 0.2) is 0 Å². The van der Waals surface area contributed by atoms with E-state index in [0.717, 1.165) is 29.7 Å². The molecule has 0 bridgehead atoms. The standard InChI is InChI=1S/C19H26N4O3/c1-14-5-6-15(2)16(13-14)20-19(26)23-11-9-22(10-12-23)18(25)17(24)21-7-3-4-8-21/h5-6,13H,3-4,7-12H2,1-2H3,(H,20,26). The van der Waals surface area contributed by atoms with Gasteiger partial charge in [-0.1, -0.05) is 12.1 Å². The van der Waals surface area contributed by atoms with Crippen LogP contribution in [0.5, 0.6) is 0 Å². The fraction of sp³-hybridized carbons (Fsp3) is 0.526. The highest BCUT2D eigenvalue weighted by molar-refractivity contribution is 6.35. The molecule has 2 saturated heterocycles. The number of amides is 4. The van der Waals surface area contributed by atoms with E-state index in [2.05, 4.69) is 5.32 Å². The van der Waals surface area contributed by atoms with Gasteiger partial charge in [0.2, 0.25) is 0 Å². The number of nitrogens with one attached hydrogen (secondary N) is 1. The lowest BCUT2D eigenvalue weighted by Crippen LogP contribution is -2.54. The first-order valence-corrected chi connectivity index (χ1v) is 9.17. The maximum atomic E-state index is 12.5. The van der Waals surface area contributed by atoms with Gasteiger partial charge >= 0.3 is 17.8 Å². The summed E-state index contributed by atoms with van der Waals surface area (Å²) in [6.07, 6.45) is 1.93. The van der Waals surface area contributed by atoms with Gasteiger partial charge in [-0.25, -0.2) is 4.79 Å². The van der Waals surface area contributed by atoms with Crippen molar-refractivity contribution in [1.82, 2.24) is 14.7 Å². The lowest BCUT2D eigenvalue weighted by atomic mass is 10.1. The van der Waals surface area contributed by atoms with Crippen LogP contribution in [0.15, 0.2) is 18.2 Å². The highest BCUT2D eigenvalue weighted by atomic mass is 16.2. The topological polar surface area (TPSA) is 73.0 Å². The Hall–Kier alpha value is -2.57. The van der Waals surface area contributed by atoms with Crippen LogP contribution in [0.1, 0.15) is 24.0 Å². The molecule has 140 valence electrons. The molecule has 0 unspecified atom stereocenters. The molecule has 0 aromatic heterocycles. The number of piperazine rings is 1. The zero-order chi connectivity index (χ0) is 18.7. The summed E-state index contributed by atoms with van der Waals surface area (Å²) in [6.45, 7) is 6.90. The number of aryl methyl sites for hydroxylation is 2. The van der Waals surface area contributed by atoms with Crippen molar-refractivity contribution in [2.75, 3.05) is 44.6 Å². The van der Waals surface area contributed by atoms with Gasteiger partial charge in [0.05, 0.1) is 0 Å². The third-order valence-corrected chi connectivity index (χ3v) is 5.06. The number of carbonyl (C=O) groups excluding carboxylic acids is 3. The van der Waals surface area contributed by atoms with Gasteiger partial charge in [-0.15, -0.1) is 0 Å². The summed E-state index contributed by atoms with van der Waals surface area (Å²) in [5.41, 5.74) is 2.90. The van der Waals surface area contributed by atoms with E-state index in [9.17, 15) is 14.4 Å². The first kappa shape index (κ1) is 18.2. The van der Waals surface area contributed by atoms with Gasteiger partial charge in [0.1, 0.15) is 0 Å². The number of likely N-dealkylation sites (tertiary alicyclic amines) is 1. The van der Waals surface area contributed by atoms with Crippen LogP contribution in [0.2, 0.25) is 0 Å². The first-order chi connectivity index (χ1) is 12.5. The summed E-state index contributed by atoms with van der Waals surface area (Å²) >= 11 is 0. The molecule has 7 heteroatoms. The van der Waals surface area contributed by atoms with E-state index in [1.807, 2.05) is 32.0 Å². The van der Waals surface area contributed by atoms with Crippen LogP contribution < -0.4 is 5.32 Å². The van der Waals surface area contributed by atoms with Gasteiger partial charge in [-0.2, -0.15) is 0 Å². The molecule has 0 radical (unpaired) electrons. The number of benzene rings is 1. The quantitative estimate of drug-likeness (QED) is 0.775. The van der Waals surface area contributed by atoms with Gasteiger partial charge in [-0.05, 0) is 43.9 Å². The molecule has 1 aromatic carbocycles. The number of nitrogens with zero attached hydrogens (tertiary/aromatic N) is 3. The largest absolute Gasteiger partial charge is 0.334 e. The summed E-state index contributed by atoms with van der Waals surface area (Å²) < 4.78 is 0. The lowest BCUT2D eigenvalue weighted by Gasteiger charge is -2.35. The smallest absolute Gasteiger partial charge is 0.321 e. The highest BCUT2D eigenvalue weighted by Gasteiger charge is 2.31. The van der Waals surface area contributed by atoms with Crippen LogP contribution in [-0.4, -0.2) is 71.8 Å². The molecule has 2 heterocycles. The molecular weight excluding hydrogens is 332 g/mol. The molecule has 4 amide bonds. The molecule has 7 nitrogen and oxygen atoms in total. The highest BCUT2D eigenvalue weighted by Crippen LogP contribution is 2.17. The number of carbonyl (C=O) groups is 3. The monoisotopic (exact) mass is 358 g/mol. The van der Waals surface area contributed by atoms with Crippen LogP contribution in [0.4, 0.5) is 10.5 Å². The summed E-state index contributed by atoms with van der Waals surface area (Å²) in [4.78, 5) is 41.9. The maximum Gasteiger partial charge on any atom is 0.321 e. The number of hydrogen-bond donors (Lipinski definition) is 1. The predicted octanol–water partition coefficient (Wildman–Crippen LogP) is 1.60. The minimum atomic E-state index is -0.443. The molecule has 3 rings (SSSR count). The average Bonchev–Trinajstić information content (AvgIpc) is 3.18. The summed E-state index contributed by atoms with van der Waals surface area (Å²) in [6, 6.07) is 5.76. The van der Waals surface area contributed by atoms with Gasteiger partial charge in [0, 0.05) is 45.0 Å². The fourth-order valence-corrected chi connectivity index (χ4v) is 3.37. The van der Waals surface area contributed by atoms with Gasteiger partial charge < -0.3 is 20.0 Å². The molecular formula is C19H26N4O3. The van der Waals surface area contributed by atoms with E-state index in [0.29, 0.717) is 39.3 Å². The molecule has 2 aliphatic rings. The van der Waals surface area contributed by atoms with Crippen molar-refractivity contribution >= 4 is 23.5 Å². The Kier molecular flexibility index (Phi) is 5.44. The Morgan fingerprint density at radius 2 is 1.35 bits per heavy atom. The number of urea groups is 1. The van der Waals surface area contributed by atoms with Crippen molar-refractivity contribution < 1.29 is 14.4 Å². The SMILES string of the molecule is Cc1ccc(C)c(NC(=O)N2CCN(C(=O)C(=O)N3CCCC3)CC2)c1. The molecule has 26 heavy (non-hydrogen) atoms. The molecule has 0 saturated carbocycles. The molecule has 1 N–H and O–H groups in total. The molecule has 0 atom stereocenters. The molecule has 0 aliphatic carbocycles. The van der Waals surface area contributed by atoms with Crippen LogP contribution in [0.3, 0.4) is 0 Å². The average molecular weight is 358 g/mol. The van der Waals surface area contributed by atoms with Crippen LogP contribution in [0, 0.1) is 13.8 Å². The van der Waals surface area contributed by atoms with Crippen LogP contribution >= 0.6 is 0 Å². The third-order valence-electron chi connectivity index (χ3n) is 5.06. The zero-order valence-electron chi connectivity index (χ0n) is 15.5. The molecule has 2 aliphatic heterocycles. The Labute approximate surface area is 153 Å². The number of rotatable bonds is 1. The molecule has 0 spiro atoms.